The minimum atomic E-state index is -0.175. The van der Waals surface area contributed by atoms with Gasteiger partial charge in [-0.25, -0.2) is 0 Å². The molecule has 0 aliphatic carbocycles. The Morgan fingerprint density at radius 3 is 2.00 bits per heavy atom. The lowest BCUT2D eigenvalue weighted by Crippen LogP contribution is -2.37. The van der Waals surface area contributed by atoms with E-state index in [2.05, 4.69) is 31.2 Å². The standard InChI is InChI=1S/C13H21NO2/c1-3-11-4-6-12(7-5-11)8-14(2)13(9-15)10-16/h4-7,13,15-16H,3,8-10H2,1-2H3. The molecular formula is C13H21NO2. The van der Waals surface area contributed by atoms with Crippen molar-refractivity contribution in [2.45, 2.75) is 25.9 Å². The molecule has 0 radical (unpaired) electrons. The van der Waals surface area contributed by atoms with Crippen molar-refractivity contribution in [3.63, 3.8) is 0 Å². The highest BCUT2D eigenvalue weighted by atomic mass is 16.3. The van der Waals surface area contributed by atoms with Crippen molar-refractivity contribution in [2.75, 3.05) is 20.3 Å². The molecule has 3 nitrogen and oxygen atoms in total. The molecule has 1 rings (SSSR count). The number of rotatable bonds is 6. The van der Waals surface area contributed by atoms with E-state index in [-0.39, 0.29) is 19.3 Å². The van der Waals surface area contributed by atoms with E-state index < -0.39 is 0 Å². The number of aliphatic hydroxyl groups is 2. The molecule has 0 aliphatic heterocycles. The summed E-state index contributed by atoms with van der Waals surface area (Å²) in [6.07, 6.45) is 1.05. The molecule has 0 amide bonds. The first-order valence-electron chi connectivity index (χ1n) is 5.71. The Morgan fingerprint density at radius 1 is 1.06 bits per heavy atom. The van der Waals surface area contributed by atoms with Crippen molar-refractivity contribution in [2.24, 2.45) is 0 Å². The molecule has 90 valence electrons. The second-order valence-electron chi connectivity index (χ2n) is 4.10. The maximum atomic E-state index is 9.05. The molecule has 0 heterocycles. The van der Waals surface area contributed by atoms with E-state index in [1.807, 2.05) is 11.9 Å². The molecule has 1 aromatic rings. The SMILES string of the molecule is CCc1ccc(CN(C)C(CO)CO)cc1. The van der Waals surface area contributed by atoms with Crippen LogP contribution in [0.25, 0.3) is 0 Å². The fourth-order valence-electron chi connectivity index (χ4n) is 1.63. The second-order valence-corrected chi connectivity index (χ2v) is 4.10. The van der Waals surface area contributed by atoms with Crippen molar-refractivity contribution < 1.29 is 10.2 Å². The van der Waals surface area contributed by atoms with Crippen molar-refractivity contribution >= 4 is 0 Å². The zero-order valence-corrected chi connectivity index (χ0v) is 10.1. The highest BCUT2D eigenvalue weighted by molar-refractivity contribution is 5.22. The number of hydrogen-bond acceptors (Lipinski definition) is 3. The molecule has 1 aromatic carbocycles. The molecule has 0 atom stereocenters. The summed E-state index contributed by atoms with van der Waals surface area (Å²) >= 11 is 0. The van der Waals surface area contributed by atoms with Gasteiger partial charge in [-0.3, -0.25) is 4.90 Å². The van der Waals surface area contributed by atoms with E-state index in [9.17, 15) is 0 Å². The molecule has 3 heteroatoms. The third-order valence-electron chi connectivity index (χ3n) is 2.91. The van der Waals surface area contributed by atoms with Crippen LogP contribution >= 0.6 is 0 Å². The van der Waals surface area contributed by atoms with Crippen LogP contribution in [0.2, 0.25) is 0 Å². The molecular weight excluding hydrogens is 202 g/mol. The van der Waals surface area contributed by atoms with E-state index in [0.29, 0.717) is 0 Å². The van der Waals surface area contributed by atoms with Gasteiger partial charge in [0.15, 0.2) is 0 Å². The van der Waals surface area contributed by atoms with E-state index in [1.54, 1.807) is 0 Å². The number of aryl methyl sites for hydroxylation is 1. The number of hydrogen-bond donors (Lipinski definition) is 2. The summed E-state index contributed by atoms with van der Waals surface area (Å²) in [6, 6.07) is 8.26. The summed E-state index contributed by atoms with van der Waals surface area (Å²) in [6.45, 7) is 2.85. The summed E-state index contributed by atoms with van der Waals surface area (Å²) in [5, 5.41) is 18.1. The zero-order chi connectivity index (χ0) is 12.0. The van der Waals surface area contributed by atoms with E-state index in [0.717, 1.165) is 13.0 Å². The van der Waals surface area contributed by atoms with Crippen molar-refractivity contribution in [1.82, 2.24) is 4.90 Å². The number of nitrogens with zero attached hydrogens (tertiary/aromatic N) is 1. The van der Waals surface area contributed by atoms with Gasteiger partial charge in [-0.05, 0) is 24.6 Å². The normalized spacial score (nSPS) is 11.4. The second kappa shape index (κ2) is 6.63. The average Bonchev–Trinajstić information content (AvgIpc) is 2.31. The smallest absolute Gasteiger partial charge is 0.0609 e. The first-order chi connectivity index (χ1) is 7.71. The number of aliphatic hydroxyl groups excluding tert-OH is 2. The summed E-state index contributed by atoms with van der Waals surface area (Å²) in [4.78, 5) is 1.96. The van der Waals surface area contributed by atoms with Gasteiger partial charge in [0, 0.05) is 6.54 Å². The Morgan fingerprint density at radius 2 is 1.56 bits per heavy atom. The quantitative estimate of drug-likeness (QED) is 0.757. The summed E-state index contributed by atoms with van der Waals surface area (Å²) in [5.41, 5.74) is 2.53. The Hall–Kier alpha value is -0.900. The third-order valence-corrected chi connectivity index (χ3v) is 2.91. The molecule has 16 heavy (non-hydrogen) atoms. The topological polar surface area (TPSA) is 43.7 Å². The van der Waals surface area contributed by atoms with Gasteiger partial charge in [-0.15, -0.1) is 0 Å². The predicted molar refractivity (Wildman–Crippen MR) is 65.2 cm³/mol. The van der Waals surface area contributed by atoms with Gasteiger partial charge in [-0.1, -0.05) is 31.2 Å². The molecule has 0 saturated carbocycles. The highest BCUT2D eigenvalue weighted by Gasteiger charge is 2.12. The monoisotopic (exact) mass is 223 g/mol. The molecule has 0 bridgehead atoms. The lowest BCUT2D eigenvalue weighted by Gasteiger charge is -2.24. The van der Waals surface area contributed by atoms with Crippen LogP contribution in [0.3, 0.4) is 0 Å². The fourth-order valence-corrected chi connectivity index (χ4v) is 1.63. The first-order valence-corrected chi connectivity index (χ1v) is 5.71. The van der Waals surface area contributed by atoms with Gasteiger partial charge in [0.1, 0.15) is 0 Å². The Kier molecular flexibility index (Phi) is 5.46. The minimum Gasteiger partial charge on any atom is -0.395 e. The van der Waals surface area contributed by atoms with Crippen LogP contribution in [-0.4, -0.2) is 41.4 Å². The molecule has 0 aliphatic rings. The van der Waals surface area contributed by atoms with Crippen LogP contribution in [0, 0.1) is 0 Å². The van der Waals surface area contributed by atoms with Crippen LogP contribution < -0.4 is 0 Å². The molecule has 0 aromatic heterocycles. The molecule has 0 unspecified atom stereocenters. The van der Waals surface area contributed by atoms with Crippen LogP contribution in [0.15, 0.2) is 24.3 Å². The van der Waals surface area contributed by atoms with Gasteiger partial charge in [0.2, 0.25) is 0 Å². The van der Waals surface area contributed by atoms with E-state index in [1.165, 1.54) is 11.1 Å². The first kappa shape index (κ1) is 13.2. The zero-order valence-electron chi connectivity index (χ0n) is 10.1. The van der Waals surface area contributed by atoms with E-state index >= 15 is 0 Å². The van der Waals surface area contributed by atoms with Gasteiger partial charge < -0.3 is 10.2 Å². The molecule has 0 fully saturated rings. The maximum Gasteiger partial charge on any atom is 0.0609 e. The highest BCUT2D eigenvalue weighted by Crippen LogP contribution is 2.08. The largest absolute Gasteiger partial charge is 0.395 e. The van der Waals surface area contributed by atoms with Crippen molar-refractivity contribution in [3.8, 4) is 0 Å². The lowest BCUT2D eigenvalue weighted by atomic mass is 10.1. The Balaban J connectivity index is 2.58. The van der Waals surface area contributed by atoms with Crippen LogP contribution in [-0.2, 0) is 13.0 Å². The Bertz CT molecular complexity index is 293. The van der Waals surface area contributed by atoms with Gasteiger partial charge in [-0.2, -0.15) is 0 Å². The summed E-state index contributed by atoms with van der Waals surface area (Å²) in [7, 11) is 1.91. The predicted octanol–water partition coefficient (Wildman–Crippen LogP) is 1.03. The lowest BCUT2D eigenvalue weighted by molar-refractivity contribution is 0.0874. The van der Waals surface area contributed by atoms with Gasteiger partial charge >= 0.3 is 0 Å². The third kappa shape index (κ3) is 3.59. The van der Waals surface area contributed by atoms with E-state index in [4.69, 9.17) is 10.2 Å². The number of likely N-dealkylation sites (N-methyl/N-ethyl adjacent to an activating group) is 1. The van der Waals surface area contributed by atoms with Crippen LogP contribution in [0.1, 0.15) is 18.1 Å². The van der Waals surface area contributed by atoms with Crippen LogP contribution in [0.5, 0.6) is 0 Å². The number of benzene rings is 1. The molecule has 0 spiro atoms. The van der Waals surface area contributed by atoms with Crippen molar-refractivity contribution in [1.29, 1.82) is 0 Å². The van der Waals surface area contributed by atoms with Crippen LogP contribution in [0.4, 0.5) is 0 Å². The summed E-state index contributed by atoms with van der Waals surface area (Å²) < 4.78 is 0. The molecule has 0 saturated heterocycles. The average molecular weight is 223 g/mol. The van der Waals surface area contributed by atoms with Gasteiger partial charge in [0.05, 0.1) is 19.3 Å². The fraction of sp³-hybridized carbons (Fsp3) is 0.538. The van der Waals surface area contributed by atoms with Crippen molar-refractivity contribution in [3.05, 3.63) is 35.4 Å². The maximum absolute atomic E-state index is 9.05. The Labute approximate surface area is 97.3 Å². The summed E-state index contributed by atoms with van der Waals surface area (Å²) in [5.74, 6) is 0. The minimum absolute atomic E-state index is 0.0138. The van der Waals surface area contributed by atoms with Gasteiger partial charge in [0.25, 0.3) is 0 Å². The molecule has 2 N–H and O–H groups in total.